The van der Waals surface area contributed by atoms with Gasteiger partial charge in [-0.15, -0.1) is 0 Å². The van der Waals surface area contributed by atoms with Crippen molar-refractivity contribution in [2.45, 2.75) is 31.8 Å². The Kier molecular flexibility index (Phi) is 5.43. The average molecular weight is 326 g/mol. The lowest BCUT2D eigenvalue weighted by molar-refractivity contribution is -0.139. The summed E-state index contributed by atoms with van der Waals surface area (Å²) in [5, 5.41) is 8.83. The van der Waals surface area contributed by atoms with E-state index in [-0.39, 0.29) is 6.61 Å². The van der Waals surface area contributed by atoms with Gasteiger partial charge in [0, 0.05) is 18.3 Å². The summed E-state index contributed by atoms with van der Waals surface area (Å²) in [5.74, 6) is -0.320. The van der Waals surface area contributed by atoms with Gasteiger partial charge in [-0.2, -0.15) is 0 Å². The molecule has 0 radical (unpaired) electrons. The van der Waals surface area contributed by atoms with Crippen molar-refractivity contribution in [3.8, 4) is 5.75 Å². The van der Waals surface area contributed by atoms with Gasteiger partial charge in [-0.25, -0.2) is 4.79 Å². The highest BCUT2D eigenvalue weighted by Crippen LogP contribution is 2.32. The number of ether oxygens (including phenoxy) is 1. The second-order valence-corrected chi connectivity index (χ2v) is 6.03. The van der Waals surface area contributed by atoms with Crippen molar-refractivity contribution >= 4 is 5.97 Å². The van der Waals surface area contributed by atoms with Crippen molar-refractivity contribution in [3.63, 3.8) is 0 Å². The van der Waals surface area contributed by atoms with E-state index in [0.29, 0.717) is 11.8 Å². The van der Waals surface area contributed by atoms with Gasteiger partial charge in [0.15, 0.2) is 6.61 Å². The molecule has 1 aromatic heterocycles. The second kappa shape index (κ2) is 7.93. The zero-order valence-electron chi connectivity index (χ0n) is 13.6. The van der Waals surface area contributed by atoms with Crippen LogP contribution in [0.25, 0.3) is 0 Å². The molecule has 0 unspecified atom stereocenters. The van der Waals surface area contributed by atoms with Crippen LogP contribution in [-0.2, 0) is 11.3 Å². The molecule has 1 saturated heterocycles. The van der Waals surface area contributed by atoms with Gasteiger partial charge in [0.25, 0.3) is 0 Å². The predicted molar refractivity (Wildman–Crippen MR) is 90.8 cm³/mol. The number of rotatable bonds is 6. The fourth-order valence-electron chi connectivity index (χ4n) is 3.22. The highest BCUT2D eigenvalue weighted by Gasteiger charge is 2.25. The number of hydrogen-bond acceptors (Lipinski definition) is 4. The van der Waals surface area contributed by atoms with Crippen molar-refractivity contribution in [1.82, 2.24) is 9.88 Å². The number of piperidine rings is 1. The highest BCUT2D eigenvalue weighted by molar-refractivity contribution is 5.68. The Balaban J connectivity index is 1.77. The molecule has 0 aliphatic carbocycles. The standard InChI is InChI=1S/C19H22N2O3/c22-19(23)14-24-18-10-2-1-7-15(18)13-21-12-6-4-9-17(21)16-8-3-5-11-20-16/h1-3,5,7-8,10-11,17H,4,6,9,12-14H2,(H,22,23)/t17-/m0/s1. The molecular weight excluding hydrogens is 304 g/mol. The minimum absolute atomic E-state index is 0.299. The second-order valence-electron chi connectivity index (χ2n) is 6.03. The molecule has 1 aromatic carbocycles. The van der Waals surface area contributed by atoms with E-state index in [9.17, 15) is 4.79 Å². The fourth-order valence-corrected chi connectivity index (χ4v) is 3.22. The molecule has 126 valence electrons. The largest absolute Gasteiger partial charge is 0.482 e. The van der Waals surface area contributed by atoms with Crippen LogP contribution in [0.15, 0.2) is 48.7 Å². The maximum absolute atomic E-state index is 10.8. The number of carboxylic acids is 1. The van der Waals surface area contributed by atoms with Crippen molar-refractivity contribution in [1.29, 1.82) is 0 Å². The Morgan fingerprint density at radius 1 is 1.21 bits per heavy atom. The predicted octanol–water partition coefficient (Wildman–Crippen LogP) is 3.27. The van der Waals surface area contributed by atoms with Crippen LogP contribution >= 0.6 is 0 Å². The number of carboxylic acid groups (broad SMARTS) is 1. The third kappa shape index (κ3) is 4.11. The summed E-state index contributed by atoms with van der Waals surface area (Å²) in [4.78, 5) is 17.7. The zero-order chi connectivity index (χ0) is 16.8. The molecule has 1 fully saturated rings. The van der Waals surface area contributed by atoms with E-state index in [1.54, 1.807) is 0 Å². The van der Waals surface area contributed by atoms with Crippen molar-refractivity contribution in [2.75, 3.05) is 13.2 Å². The molecule has 1 aliphatic rings. The molecule has 1 N–H and O–H groups in total. The van der Waals surface area contributed by atoms with Crippen LogP contribution in [-0.4, -0.2) is 34.1 Å². The average Bonchev–Trinajstić information content (AvgIpc) is 2.62. The van der Waals surface area contributed by atoms with Crippen LogP contribution in [0.1, 0.15) is 36.6 Å². The molecule has 5 heteroatoms. The quantitative estimate of drug-likeness (QED) is 0.883. The summed E-state index contributed by atoms with van der Waals surface area (Å²) in [6.45, 7) is 1.42. The molecule has 0 bridgehead atoms. The molecule has 2 aromatic rings. The van der Waals surface area contributed by atoms with E-state index in [1.807, 2.05) is 42.6 Å². The number of benzene rings is 1. The van der Waals surface area contributed by atoms with Gasteiger partial charge in [-0.1, -0.05) is 30.7 Å². The number of pyridine rings is 1. The Hall–Kier alpha value is -2.40. The molecule has 1 atom stereocenters. The first-order chi connectivity index (χ1) is 11.7. The molecule has 3 rings (SSSR count). The molecule has 0 amide bonds. The fraction of sp³-hybridized carbons (Fsp3) is 0.368. The third-order valence-electron chi connectivity index (χ3n) is 4.34. The maximum atomic E-state index is 10.8. The van der Waals surface area contributed by atoms with Crippen LogP contribution in [0.5, 0.6) is 5.75 Å². The van der Waals surface area contributed by atoms with Crippen molar-refractivity contribution < 1.29 is 14.6 Å². The van der Waals surface area contributed by atoms with Gasteiger partial charge in [0.1, 0.15) is 5.75 Å². The molecule has 1 aliphatic heterocycles. The maximum Gasteiger partial charge on any atom is 0.341 e. The Morgan fingerprint density at radius 3 is 2.83 bits per heavy atom. The third-order valence-corrected chi connectivity index (χ3v) is 4.34. The van der Waals surface area contributed by atoms with Gasteiger partial charge in [0.05, 0.1) is 11.7 Å². The van der Waals surface area contributed by atoms with E-state index >= 15 is 0 Å². The number of aromatic nitrogens is 1. The van der Waals surface area contributed by atoms with E-state index < -0.39 is 5.97 Å². The van der Waals surface area contributed by atoms with Crippen molar-refractivity contribution in [2.24, 2.45) is 0 Å². The van der Waals surface area contributed by atoms with Crippen LogP contribution < -0.4 is 4.74 Å². The summed E-state index contributed by atoms with van der Waals surface area (Å²) in [7, 11) is 0. The van der Waals surface area contributed by atoms with Crippen molar-refractivity contribution in [3.05, 3.63) is 59.9 Å². The highest BCUT2D eigenvalue weighted by atomic mass is 16.5. The monoisotopic (exact) mass is 326 g/mol. The SMILES string of the molecule is O=C(O)COc1ccccc1CN1CCCC[C@H]1c1ccccn1. The lowest BCUT2D eigenvalue weighted by atomic mass is 9.98. The van der Waals surface area contributed by atoms with Crippen LogP contribution in [0, 0.1) is 0 Å². The Labute approximate surface area is 141 Å². The molecule has 24 heavy (non-hydrogen) atoms. The van der Waals surface area contributed by atoms with Crippen LogP contribution in [0.3, 0.4) is 0 Å². The van der Waals surface area contributed by atoms with Gasteiger partial charge in [-0.05, 0) is 37.6 Å². The first-order valence-electron chi connectivity index (χ1n) is 8.31. The Bertz CT molecular complexity index is 675. The summed E-state index contributed by atoms with van der Waals surface area (Å²) >= 11 is 0. The van der Waals surface area contributed by atoms with Gasteiger partial charge >= 0.3 is 5.97 Å². The number of aliphatic carboxylic acids is 1. The lowest BCUT2D eigenvalue weighted by Gasteiger charge is -2.35. The number of carbonyl (C=O) groups is 1. The first kappa shape index (κ1) is 16.5. The normalized spacial score (nSPS) is 18.2. The minimum Gasteiger partial charge on any atom is -0.482 e. The van der Waals surface area contributed by atoms with Crippen LogP contribution in [0.2, 0.25) is 0 Å². The first-order valence-corrected chi connectivity index (χ1v) is 8.31. The summed E-state index contributed by atoms with van der Waals surface area (Å²) in [5.41, 5.74) is 2.11. The molecule has 0 saturated carbocycles. The molecule has 5 nitrogen and oxygen atoms in total. The van der Waals surface area contributed by atoms with E-state index in [2.05, 4.69) is 16.0 Å². The number of hydrogen-bond donors (Lipinski definition) is 1. The van der Waals surface area contributed by atoms with Gasteiger partial charge in [-0.3, -0.25) is 9.88 Å². The zero-order valence-corrected chi connectivity index (χ0v) is 13.6. The number of para-hydroxylation sites is 1. The summed E-state index contributed by atoms with van der Waals surface area (Å²) < 4.78 is 5.44. The molecular formula is C19H22N2O3. The van der Waals surface area contributed by atoms with Gasteiger partial charge < -0.3 is 9.84 Å². The van der Waals surface area contributed by atoms with E-state index in [4.69, 9.17) is 9.84 Å². The number of nitrogens with zero attached hydrogens (tertiary/aromatic N) is 2. The smallest absolute Gasteiger partial charge is 0.341 e. The van der Waals surface area contributed by atoms with E-state index in [1.165, 1.54) is 12.8 Å². The number of likely N-dealkylation sites (tertiary alicyclic amines) is 1. The van der Waals surface area contributed by atoms with Gasteiger partial charge in [0.2, 0.25) is 0 Å². The summed E-state index contributed by atoms with van der Waals surface area (Å²) in [6, 6.07) is 14.0. The summed E-state index contributed by atoms with van der Waals surface area (Å²) in [6.07, 6.45) is 5.30. The Morgan fingerprint density at radius 2 is 2.04 bits per heavy atom. The van der Waals surface area contributed by atoms with E-state index in [0.717, 1.165) is 30.8 Å². The minimum atomic E-state index is -0.964. The molecule has 2 heterocycles. The topological polar surface area (TPSA) is 62.7 Å². The van der Waals surface area contributed by atoms with Crippen LogP contribution in [0.4, 0.5) is 0 Å². The molecule has 0 spiro atoms. The lowest BCUT2D eigenvalue weighted by Crippen LogP contribution is -2.33.